The van der Waals surface area contributed by atoms with Gasteiger partial charge in [-0.25, -0.2) is 4.68 Å². The fourth-order valence-electron chi connectivity index (χ4n) is 2.23. The maximum Gasteiger partial charge on any atom is 0.0740 e. The van der Waals surface area contributed by atoms with Gasteiger partial charge in [0.1, 0.15) is 0 Å². The predicted molar refractivity (Wildman–Crippen MR) is 76.1 cm³/mol. The van der Waals surface area contributed by atoms with Gasteiger partial charge in [0.05, 0.1) is 17.4 Å². The van der Waals surface area contributed by atoms with E-state index in [0.29, 0.717) is 0 Å². The van der Waals surface area contributed by atoms with Crippen LogP contribution in [0, 0.1) is 0 Å². The predicted octanol–water partition coefficient (Wildman–Crippen LogP) is 4.17. The van der Waals surface area contributed by atoms with Crippen LogP contribution in [0.2, 0.25) is 0 Å². The summed E-state index contributed by atoms with van der Waals surface area (Å²) in [6.45, 7) is 2.14. The summed E-state index contributed by atoms with van der Waals surface area (Å²) in [4.78, 5) is 0. The molecule has 2 nitrogen and oxygen atoms in total. The molecule has 1 aromatic carbocycles. The number of aromatic nitrogens is 2. The van der Waals surface area contributed by atoms with E-state index in [1.165, 1.54) is 11.0 Å². The molecule has 1 aliphatic carbocycles. The summed E-state index contributed by atoms with van der Waals surface area (Å²) in [5.74, 6) is 0. The summed E-state index contributed by atoms with van der Waals surface area (Å²) in [6.07, 6.45) is 12.9. The van der Waals surface area contributed by atoms with Crippen molar-refractivity contribution in [2.24, 2.45) is 0 Å². The van der Waals surface area contributed by atoms with Crippen molar-refractivity contribution in [1.29, 1.82) is 0 Å². The van der Waals surface area contributed by atoms with E-state index in [4.69, 9.17) is 0 Å². The van der Waals surface area contributed by atoms with E-state index < -0.39 is 0 Å². The van der Waals surface area contributed by atoms with Crippen LogP contribution in [0.1, 0.15) is 19.8 Å². The Hall–Kier alpha value is -2.09. The van der Waals surface area contributed by atoms with Gasteiger partial charge in [-0.3, -0.25) is 0 Å². The molecule has 2 heteroatoms. The Kier molecular flexibility index (Phi) is 2.85. The lowest BCUT2D eigenvalue weighted by Crippen LogP contribution is -1.97. The summed E-state index contributed by atoms with van der Waals surface area (Å²) in [5, 5.41) is 5.68. The van der Waals surface area contributed by atoms with Crippen molar-refractivity contribution in [1.82, 2.24) is 9.78 Å². The first-order chi connectivity index (χ1) is 8.84. The molecule has 0 bridgehead atoms. The molecule has 2 aromatic rings. The minimum atomic E-state index is 1.06. The molecule has 0 radical (unpaired) electrons. The molecule has 1 aromatic heterocycles. The van der Waals surface area contributed by atoms with Gasteiger partial charge >= 0.3 is 0 Å². The Labute approximate surface area is 107 Å². The molecule has 3 rings (SSSR count). The van der Waals surface area contributed by atoms with Crippen LogP contribution in [0.15, 0.2) is 60.3 Å². The lowest BCUT2D eigenvalue weighted by Gasteiger charge is -2.07. The van der Waals surface area contributed by atoms with Crippen LogP contribution < -0.4 is 0 Å². The Morgan fingerprint density at radius 2 is 1.89 bits per heavy atom. The molecule has 1 aliphatic rings. The Morgan fingerprint density at radius 3 is 2.83 bits per heavy atom. The topological polar surface area (TPSA) is 17.8 Å². The van der Waals surface area contributed by atoms with Crippen LogP contribution in [0.4, 0.5) is 0 Å². The van der Waals surface area contributed by atoms with Gasteiger partial charge in [-0.15, -0.1) is 0 Å². The highest BCUT2D eigenvalue weighted by Crippen LogP contribution is 2.20. The zero-order valence-corrected chi connectivity index (χ0v) is 10.5. The summed E-state index contributed by atoms with van der Waals surface area (Å²) < 4.78 is 2.02. The first-order valence-electron chi connectivity index (χ1n) is 6.33. The van der Waals surface area contributed by atoms with Gasteiger partial charge in [0.25, 0.3) is 0 Å². The molecular weight excluding hydrogens is 220 g/mol. The van der Waals surface area contributed by atoms with Crippen LogP contribution in [0.5, 0.6) is 0 Å². The summed E-state index contributed by atoms with van der Waals surface area (Å²) in [5.41, 5.74) is 3.64. The SMILES string of the molecule is CC1=C/CC/C=C(n2ncc3ccccc32)/C=C\1. The second kappa shape index (κ2) is 4.65. The Bertz CT molecular complexity index is 657. The molecule has 0 saturated heterocycles. The molecule has 0 spiro atoms. The van der Waals surface area contributed by atoms with Gasteiger partial charge in [0, 0.05) is 5.39 Å². The zero-order chi connectivity index (χ0) is 12.4. The first kappa shape index (κ1) is 11.0. The maximum atomic E-state index is 4.49. The number of fused-ring (bicyclic) bond motifs is 1. The number of nitrogens with zero attached hydrogens (tertiary/aromatic N) is 2. The van der Waals surface area contributed by atoms with Gasteiger partial charge in [0.2, 0.25) is 0 Å². The molecule has 0 atom stereocenters. The third kappa shape index (κ3) is 2.02. The Balaban J connectivity index is 2.09. The molecule has 0 amide bonds. The van der Waals surface area contributed by atoms with Crippen LogP contribution >= 0.6 is 0 Å². The second-order valence-electron chi connectivity index (χ2n) is 4.60. The smallest absolute Gasteiger partial charge is 0.0740 e. The number of allylic oxidation sites excluding steroid dienone is 6. The number of rotatable bonds is 1. The fraction of sp³-hybridized carbons (Fsp3) is 0.188. The van der Waals surface area contributed by atoms with Gasteiger partial charge in [-0.2, -0.15) is 5.10 Å². The standard InChI is InChI=1S/C16H16N2/c1-13-6-2-4-8-15(11-10-13)18-16-9-5-3-7-14(16)12-17-18/h3,5-12H,2,4H2,1H3/b11-10-,13-6-,15-8-. The molecular formula is C16H16N2. The molecule has 0 aliphatic heterocycles. The van der Waals surface area contributed by atoms with E-state index in [1.807, 2.05) is 16.9 Å². The van der Waals surface area contributed by atoms with Crippen molar-refractivity contribution >= 4 is 16.6 Å². The quantitative estimate of drug-likeness (QED) is 0.726. The lowest BCUT2D eigenvalue weighted by molar-refractivity contribution is 0.923. The van der Waals surface area contributed by atoms with Crippen molar-refractivity contribution in [2.75, 3.05) is 0 Å². The van der Waals surface area contributed by atoms with E-state index in [2.05, 4.69) is 54.5 Å². The van der Waals surface area contributed by atoms with Crippen molar-refractivity contribution in [3.8, 4) is 0 Å². The number of para-hydroxylation sites is 1. The third-order valence-corrected chi connectivity index (χ3v) is 3.23. The molecule has 0 fully saturated rings. The van der Waals surface area contributed by atoms with Crippen LogP contribution in [0.25, 0.3) is 16.6 Å². The molecule has 0 N–H and O–H groups in total. The first-order valence-corrected chi connectivity index (χ1v) is 6.33. The average Bonchev–Trinajstić information content (AvgIpc) is 2.79. The van der Waals surface area contributed by atoms with E-state index >= 15 is 0 Å². The summed E-state index contributed by atoms with van der Waals surface area (Å²) >= 11 is 0. The highest BCUT2D eigenvalue weighted by atomic mass is 15.3. The van der Waals surface area contributed by atoms with Gasteiger partial charge in [0.15, 0.2) is 0 Å². The minimum absolute atomic E-state index is 1.06. The highest BCUT2D eigenvalue weighted by Gasteiger charge is 2.05. The fourth-order valence-corrected chi connectivity index (χ4v) is 2.23. The minimum Gasteiger partial charge on any atom is -0.233 e. The monoisotopic (exact) mass is 236 g/mol. The van der Waals surface area contributed by atoms with Gasteiger partial charge in [-0.05, 0) is 31.9 Å². The second-order valence-corrected chi connectivity index (χ2v) is 4.60. The van der Waals surface area contributed by atoms with Crippen molar-refractivity contribution in [3.05, 3.63) is 60.3 Å². The van der Waals surface area contributed by atoms with Crippen LogP contribution in [-0.4, -0.2) is 9.78 Å². The largest absolute Gasteiger partial charge is 0.233 e. The highest BCUT2D eigenvalue weighted by molar-refractivity contribution is 5.82. The normalized spacial score (nSPS) is 23.6. The summed E-state index contributed by atoms with van der Waals surface area (Å²) in [7, 11) is 0. The van der Waals surface area contributed by atoms with E-state index in [0.717, 1.165) is 24.1 Å². The molecule has 0 saturated carbocycles. The lowest BCUT2D eigenvalue weighted by atomic mass is 10.1. The average molecular weight is 236 g/mol. The third-order valence-electron chi connectivity index (χ3n) is 3.23. The molecule has 18 heavy (non-hydrogen) atoms. The van der Waals surface area contributed by atoms with E-state index in [9.17, 15) is 0 Å². The van der Waals surface area contributed by atoms with Crippen molar-refractivity contribution < 1.29 is 0 Å². The zero-order valence-electron chi connectivity index (χ0n) is 10.5. The molecule has 90 valence electrons. The van der Waals surface area contributed by atoms with Crippen molar-refractivity contribution in [3.63, 3.8) is 0 Å². The van der Waals surface area contributed by atoms with Crippen LogP contribution in [0.3, 0.4) is 0 Å². The summed E-state index contributed by atoms with van der Waals surface area (Å²) in [6, 6.07) is 8.30. The number of benzene rings is 1. The van der Waals surface area contributed by atoms with Crippen LogP contribution in [-0.2, 0) is 0 Å². The van der Waals surface area contributed by atoms with Gasteiger partial charge < -0.3 is 0 Å². The van der Waals surface area contributed by atoms with E-state index in [1.54, 1.807) is 0 Å². The van der Waals surface area contributed by atoms with E-state index in [-0.39, 0.29) is 0 Å². The van der Waals surface area contributed by atoms with Gasteiger partial charge in [-0.1, -0.05) is 42.0 Å². The molecule has 1 heterocycles. The Morgan fingerprint density at radius 1 is 1.06 bits per heavy atom. The maximum absolute atomic E-state index is 4.49. The number of hydrogen-bond donors (Lipinski definition) is 0. The van der Waals surface area contributed by atoms with Crippen molar-refractivity contribution in [2.45, 2.75) is 19.8 Å². The number of hydrogen-bond acceptors (Lipinski definition) is 1. The molecule has 0 unspecified atom stereocenters.